The quantitative estimate of drug-likeness (QED) is 0.391. The number of rotatable bonds is 6. The molecule has 2 heterocycles. The third-order valence-corrected chi connectivity index (χ3v) is 7.65. The minimum Gasteiger partial charge on any atom is -0.336 e. The molecule has 2 fully saturated rings. The van der Waals surface area contributed by atoms with Crippen LogP contribution in [-0.2, 0) is 17.9 Å². The van der Waals surface area contributed by atoms with Crippen molar-refractivity contribution in [3.63, 3.8) is 0 Å². The van der Waals surface area contributed by atoms with E-state index in [-0.39, 0.29) is 23.6 Å². The molecule has 0 atom stereocenters. The largest absolute Gasteiger partial charge is 0.336 e. The summed E-state index contributed by atoms with van der Waals surface area (Å²) >= 11 is 6.91. The number of hydrogen-bond donors (Lipinski definition) is 0. The first-order valence-corrected chi connectivity index (χ1v) is 13.3. The molecule has 0 unspecified atom stereocenters. The van der Waals surface area contributed by atoms with Gasteiger partial charge in [0.05, 0.1) is 11.4 Å². The smallest absolute Gasteiger partial charge is 0.293 e. The van der Waals surface area contributed by atoms with Gasteiger partial charge < -0.3 is 4.90 Å². The zero-order valence-electron chi connectivity index (χ0n) is 20.2. The minimum absolute atomic E-state index is 0.000813. The van der Waals surface area contributed by atoms with Gasteiger partial charge in [0.25, 0.3) is 17.1 Å². The average molecular weight is 532 g/mol. The van der Waals surface area contributed by atoms with E-state index in [4.69, 9.17) is 11.6 Å². The third kappa shape index (κ3) is 6.13. The molecule has 3 aromatic rings. The average Bonchev–Trinajstić information content (AvgIpc) is 3.18. The Morgan fingerprint density at radius 3 is 2.14 bits per heavy atom. The van der Waals surface area contributed by atoms with Crippen molar-refractivity contribution in [1.82, 2.24) is 14.7 Å². The fraction of sp³-hybridized carbons (Fsp3) is 0.207. The van der Waals surface area contributed by atoms with Gasteiger partial charge >= 0.3 is 0 Å². The summed E-state index contributed by atoms with van der Waals surface area (Å²) in [5.41, 5.74) is 3.49. The number of hydrogen-bond acceptors (Lipinski definition) is 5. The highest BCUT2D eigenvalue weighted by atomic mass is 35.5. The number of carbonyl (C=O) groups excluding carboxylic acids is 3. The summed E-state index contributed by atoms with van der Waals surface area (Å²) in [5.74, 6) is -0.295. The number of carbonyl (C=O) groups is 3. The summed E-state index contributed by atoms with van der Waals surface area (Å²) in [6, 6.07) is 24.5. The van der Waals surface area contributed by atoms with Crippen LogP contribution in [0.25, 0.3) is 6.08 Å². The molecule has 2 aliphatic rings. The summed E-state index contributed by atoms with van der Waals surface area (Å²) in [6.45, 7) is 4.05. The van der Waals surface area contributed by atoms with Crippen molar-refractivity contribution in [3.05, 3.63) is 111 Å². The van der Waals surface area contributed by atoms with Gasteiger partial charge in [0.15, 0.2) is 0 Å². The van der Waals surface area contributed by atoms with Crippen molar-refractivity contribution in [2.75, 3.05) is 26.2 Å². The molecule has 3 amide bonds. The van der Waals surface area contributed by atoms with Crippen LogP contribution in [0.3, 0.4) is 0 Å². The van der Waals surface area contributed by atoms with Gasteiger partial charge in [0.1, 0.15) is 0 Å². The van der Waals surface area contributed by atoms with Crippen molar-refractivity contribution in [2.24, 2.45) is 0 Å². The maximum absolute atomic E-state index is 13.0. The van der Waals surface area contributed by atoms with Gasteiger partial charge in [-0.3, -0.25) is 24.2 Å². The molecule has 8 heteroatoms. The number of amides is 3. The van der Waals surface area contributed by atoms with E-state index >= 15 is 0 Å². The van der Waals surface area contributed by atoms with E-state index in [0.29, 0.717) is 23.6 Å². The van der Waals surface area contributed by atoms with E-state index in [0.717, 1.165) is 47.5 Å². The fourth-order valence-electron chi connectivity index (χ4n) is 4.42. The second-order valence-corrected chi connectivity index (χ2v) is 10.5. The van der Waals surface area contributed by atoms with Crippen LogP contribution in [0.4, 0.5) is 4.79 Å². The number of benzene rings is 3. The lowest BCUT2D eigenvalue weighted by atomic mass is 10.1. The molecule has 0 N–H and O–H groups in total. The van der Waals surface area contributed by atoms with Crippen molar-refractivity contribution >= 4 is 46.5 Å². The van der Waals surface area contributed by atoms with Crippen molar-refractivity contribution in [2.45, 2.75) is 13.1 Å². The van der Waals surface area contributed by atoms with Gasteiger partial charge in [-0.25, -0.2) is 0 Å². The first kappa shape index (κ1) is 25.3. The Balaban J connectivity index is 1.17. The van der Waals surface area contributed by atoms with Crippen molar-refractivity contribution < 1.29 is 14.4 Å². The van der Waals surface area contributed by atoms with E-state index in [2.05, 4.69) is 4.90 Å². The van der Waals surface area contributed by atoms with Crippen LogP contribution in [0.15, 0.2) is 83.8 Å². The van der Waals surface area contributed by atoms with Gasteiger partial charge in [-0.1, -0.05) is 66.2 Å². The minimum atomic E-state index is -0.296. The van der Waals surface area contributed by atoms with Crippen LogP contribution in [0.1, 0.15) is 27.0 Å². The summed E-state index contributed by atoms with van der Waals surface area (Å²) in [6.07, 6.45) is 1.71. The molecule has 0 bridgehead atoms. The number of halogens is 1. The lowest BCUT2D eigenvalue weighted by Gasteiger charge is -2.34. The van der Waals surface area contributed by atoms with Crippen LogP contribution in [0.2, 0.25) is 5.02 Å². The highest BCUT2D eigenvalue weighted by Crippen LogP contribution is 2.33. The van der Waals surface area contributed by atoms with Crippen LogP contribution in [0.5, 0.6) is 0 Å². The van der Waals surface area contributed by atoms with Gasteiger partial charge in [0, 0.05) is 43.3 Å². The molecule has 2 saturated heterocycles. The standard InChI is InChI=1S/C29H26ClN3O3S/c30-25-12-8-23(9-13-25)19-31-14-16-32(17-15-31)27(34)24-10-6-21(7-11-24)18-26-28(35)33(29(36)37-26)20-22-4-2-1-3-5-22/h1-13,18H,14-17,19-20H2/b26-18-. The van der Waals surface area contributed by atoms with Gasteiger partial charge in [-0.15, -0.1) is 0 Å². The van der Waals surface area contributed by atoms with Crippen molar-refractivity contribution in [3.8, 4) is 0 Å². The molecule has 0 aliphatic carbocycles. The maximum Gasteiger partial charge on any atom is 0.293 e. The zero-order valence-corrected chi connectivity index (χ0v) is 21.8. The van der Waals surface area contributed by atoms with E-state index in [1.165, 1.54) is 10.5 Å². The third-order valence-electron chi connectivity index (χ3n) is 6.49. The first-order valence-electron chi connectivity index (χ1n) is 12.1. The second-order valence-electron chi connectivity index (χ2n) is 9.07. The molecule has 0 saturated carbocycles. The highest BCUT2D eigenvalue weighted by Gasteiger charge is 2.35. The number of nitrogens with zero attached hydrogens (tertiary/aromatic N) is 3. The number of thioether (sulfide) groups is 1. The molecular formula is C29H26ClN3O3S. The number of piperazine rings is 1. The second kappa shape index (κ2) is 11.3. The van der Waals surface area contributed by atoms with Crippen LogP contribution >= 0.6 is 23.4 Å². The summed E-state index contributed by atoms with van der Waals surface area (Å²) in [7, 11) is 0. The predicted octanol–water partition coefficient (Wildman–Crippen LogP) is 5.53. The van der Waals surface area contributed by atoms with Gasteiger partial charge in [0.2, 0.25) is 0 Å². The molecule has 37 heavy (non-hydrogen) atoms. The zero-order chi connectivity index (χ0) is 25.8. The molecular weight excluding hydrogens is 506 g/mol. The molecule has 5 rings (SSSR count). The lowest BCUT2D eigenvalue weighted by Crippen LogP contribution is -2.48. The van der Waals surface area contributed by atoms with Crippen LogP contribution in [0, 0.1) is 0 Å². The topological polar surface area (TPSA) is 60.9 Å². The van der Waals surface area contributed by atoms with E-state index in [1.807, 2.05) is 71.6 Å². The summed E-state index contributed by atoms with van der Waals surface area (Å²) in [4.78, 5) is 44.1. The highest BCUT2D eigenvalue weighted by molar-refractivity contribution is 8.18. The molecule has 0 radical (unpaired) electrons. The Bertz CT molecular complexity index is 1320. The Hall–Kier alpha value is -3.39. The molecule has 0 aromatic heterocycles. The Morgan fingerprint density at radius 2 is 1.46 bits per heavy atom. The van der Waals surface area contributed by atoms with Crippen LogP contribution < -0.4 is 0 Å². The Labute approximate surface area is 225 Å². The monoisotopic (exact) mass is 531 g/mol. The van der Waals surface area contributed by atoms with Gasteiger partial charge in [-0.05, 0) is 58.8 Å². The Kier molecular flexibility index (Phi) is 7.74. The molecule has 3 aromatic carbocycles. The first-order chi connectivity index (χ1) is 18.0. The van der Waals surface area contributed by atoms with E-state index in [9.17, 15) is 14.4 Å². The van der Waals surface area contributed by atoms with Crippen LogP contribution in [-0.4, -0.2) is 57.9 Å². The normalized spacial score (nSPS) is 17.6. The lowest BCUT2D eigenvalue weighted by molar-refractivity contribution is -0.123. The SMILES string of the molecule is O=C(c1ccc(/C=C2\SC(=O)N(Cc3ccccc3)C2=O)cc1)N1CCN(Cc2ccc(Cl)cc2)CC1. The fourth-order valence-corrected chi connectivity index (χ4v) is 5.38. The molecule has 6 nitrogen and oxygen atoms in total. The maximum atomic E-state index is 13.0. The van der Waals surface area contributed by atoms with E-state index < -0.39 is 0 Å². The summed E-state index contributed by atoms with van der Waals surface area (Å²) in [5, 5.41) is 0.454. The number of imide groups is 1. The van der Waals surface area contributed by atoms with Crippen molar-refractivity contribution in [1.29, 1.82) is 0 Å². The van der Waals surface area contributed by atoms with Gasteiger partial charge in [-0.2, -0.15) is 0 Å². The predicted molar refractivity (Wildman–Crippen MR) is 147 cm³/mol. The molecule has 2 aliphatic heterocycles. The molecule has 0 spiro atoms. The Morgan fingerprint density at radius 1 is 0.811 bits per heavy atom. The summed E-state index contributed by atoms with van der Waals surface area (Å²) < 4.78 is 0. The van der Waals surface area contributed by atoms with E-state index in [1.54, 1.807) is 18.2 Å². The molecule has 188 valence electrons.